The van der Waals surface area contributed by atoms with Crippen LogP contribution in [-0.2, 0) is 25.1 Å². The Labute approximate surface area is 263 Å². The average molecular weight is 629 g/mol. The molecule has 0 fully saturated rings. The average Bonchev–Trinajstić information content (AvgIpc) is 2.87. The molecular weight excluding hydrogens is 573 g/mol. The number of hydrogen-bond donors (Lipinski definition) is 0. The summed E-state index contributed by atoms with van der Waals surface area (Å²) in [4.78, 5) is 26.2. The van der Waals surface area contributed by atoms with E-state index in [1.54, 1.807) is 6.08 Å². The van der Waals surface area contributed by atoms with Crippen molar-refractivity contribution in [3.63, 3.8) is 0 Å². The zero-order valence-corrected chi connectivity index (χ0v) is 30.5. The first-order valence-electron chi connectivity index (χ1n) is 15.6. The minimum Gasteiger partial charge on any atom is -0.543 e. The summed E-state index contributed by atoms with van der Waals surface area (Å²) in [6, 6.07) is 5.81. The first kappa shape index (κ1) is 36.8. The van der Waals surface area contributed by atoms with Gasteiger partial charge in [0, 0.05) is 18.9 Å². The molecule has 3 atom stereocenters. The number of carbonyl (C=O) groups excluding carboxylic acids is 2. The molecule has 0 bridgehead atoms. The van der Waals surface area contributed by atoms with Crippen LogP contribution in [0.1, 0.15) is 83.7 Å². The molecule has 0 aromatic heterocycles. The van der Waals surface area contributed by atoms with Gasteiger partial charge in [-0.1, -0.05) is 91.5 Å². The van der Waals surface area contributed by atoms with E-state index in [2.05, 4.69) is 93.4 Å². The second kappa shape index (κ2) is 15.0. The summed E-state index contributed by atoms with van der Waals surface area (Å²) < 4.78 is 25.1. The molecule has 8 heteroatoms. The highest BCUT2D eigenvalue weighted by Gasteiger charge is 2.42. The Morgan fingerprint density at radius 3 is 2.30 bits per heavy atom. The highest BCUT2D eigenvalue weighted by Crippen LogP contribution is 2.41. The standard InChI is InChI=1S/C35H56O6Si2/c1-13-24-38-31(36)23-17-21-28-25-30(41-43(11,12)35(6,7)8)26(2)18-14-15-19-27-20-16-22-29(32(27)33(37)39-28)40-42(9,10)34(3,4)5/h13-17,20,22-23,26,28,30H,1,18-19,21,24-25H2,2-12H3/t26-,28?,30+/m0/s1. The fraction of sp³-hybridized carbons (Fsp3) is 0.600. The summed E-state index contributed by atoms with van der Waals surface area (Å²) in [5, 5.41) is -0.00887. The predicted octanol–water partition coefficient (Wildman–Crippen LogP) is 9.19. The van der Waals surface area contributed by atoms with E-state index in [-0.39, 0.29) is 28.7 Å². The van der Waals surface area contributed by atoms with Crippen LogP contribution in [0, 0.1) is 5.92 Å². The molecule has 0 amide bonds. The van der Waals surface area contributed by atoms with Crippen LogP contribution in [0.4, 0.5) is 0 Å². The number of esters is 2. The minimum atomic E-state index is -2.24. The topological polar surface area (TPSA) is 71.1 Å². The van der Waals surface area contributed by atoms with E-state index in [1.165, 1.54) is 12.2 Å². The van der Waals surface area contributed by atoms with Crippen molar-refractivity contribution >= 4 is 28.6 Å². The van der Waals surface area contributed by atoms with Crippen LogP contribution in [0.2, 0.25) is 36.3 Å². The van der Waals surface area contributed by atoms with Crippen LogP contribution >= 0.6 is 0 Å². The smallest absolute Gasteiger partial charge is 0.342 e. The Bertz CT molecular complexity index is 1170. The number of carbonyl (C=O) groups is 2. The third kappa shape index (κ3) is 10.6. The minimum absolute atomic E-state index is 0.0299. The normalized spacial score (nSPS) is 20.9. The lowest BCUT2D eigenvalue weighted by molar-refractivity contribution is -0.136. The van der Waals surface area contributed by atoms with Gasteiger partial charge in [-0.15, -0.1) is 0 Å². The summed E-state index contributed by atoms with van der Waals surface area (Å²) in [5.41, 5.74) is 1.36. The van der Waals surface area contributed by atoms with Crippen molar-refractivity contribution in [1.82, 2.24) is 0 Å². The van der Waals surface area contributed by atoms with Gasteiger partial charge in [0.25, 0.3) is 8.32 Å². The molecule has 0 saturated heterocycles. The van der Waals surface area contributed by atoms with Crippen LogP contribution in [0.5, 0.6) is 5.75 Å². The molecule has 1 heterocycles. The van der Waals surface area contributed by atoms with Crippen molar-refractivity contribution < 1.29 is 27.9 Å². The van der Waals surface area contributed by atoms with Gasteiger partial charge in [0.2, 0.25) is 0 Å². The number of fused-ring (bicyclic) bond motifs is 1. The third-order valence-corrected chi connectivity index (χ3v) is 18.0. The fourth-order valence-corrected chi connectivity index (χ4v) is 6.75. The maximum Gasteiger partial charge on any atom is 0.342 e. The molecule has 0 aliphatic carbocycles. The van der Waals surface area contributed by atoms with Crippen LogP contribution in [0.25, 0.3) is 0 Å². The van der Waals surface area contributed by atoms with Crippen molar-refractivity contribution in [3.8, 4) is 5.75 Å². The largest absolute Gasteiger partial charge is 0.543 e. The number of ether oxygens (including phenoxy) is 2. The van der Waals surface area contributed by atoms with E-state index >= 15 is 0 Å². The Kier molecular flexibility index (Phi) is 12.9. The van der Waals surface area contributed by atoms with E-state index in [4.69, 9.17) is 18.3 Å². The fourth-order valence-electron chi connectivity index (χ4n) is 4.28. The Balaban J connectivity index is 2.55. The molecule has 1 aliphatic heterocycles. The molecule has 1 unspecified atom stereocenters. The SMILES string of the molecule is C=CCOC(=O)C=CCC1C[C@@H](O[Si](C)(C)C(C)(C)C)[C@@H](C)CC=CCc2cccc(O[Si](C)(C)C(C)(C)C)c2C(=O)O1. The summed E-state index contributed by atoms with van der Waals surface area (Å²) in [6.07, 6.45) is 10.7. The van der Waals surface area contributed by atoms with Gasteiger partial charge < -0.3 is 18.3 Å². The van der Waals surface area contributed by atoms with Gasteiger partial charge in [-0.2, -0.15) is 0 Å². The van der Waals surface area contributed by atoms with Gasteiger partial charge in [-0.05, 0) is 66.7 Å². The number of hydrogen-bond acceptors (Lipinski definition) is 6. The van der Waals surface area contributed by atoms with Gasteiger partial charge >= 0.3 is 11.9 Å². The molecule has 0 spiro atoms. The molecule has 1 aliphatic rings. The Morgan fingerprint density at radius 2 is 1.70 bits per heavy atom. The highest BCUT2D eigenvalue weighted by molar-refractivity contribution is 6.75. The molecule has 0 radical (unpaired) electrons. The molecule has 1 aromatic carbocycles. The van der Waals surface area contributed by atoms with Gasteiger partial charge in [0.1, 0.15) is 24.0 Å². The van der Waals surface area contributed by atoms with E-state index in [1.807, 2.05) is 18.2 Å². The van der Waals surface area contributed by atoms with Crippen molar-refractivity contribution in [2.24, 2.45) is 5.92 Å². The molecule has 0 saturated carbocycles. The van der Waals surface area contributed by atoms with Crippen LogP contribution in [0.15, 0.2) is 55.2 Å². The summed E-state index contributed by atoms with van der Waals surface area (Å²) >= 11 is 0. The van der Waals surface area contributed by atoms with Crippen LogP contribution < -0.4 is 4.43 Å². The molecule has 2 rings (SSSR count). The first-order valence-corrected chi connectivity index (χ1v) is 21.4. The summed E-state index contributed by atoms with van der Waals surface area (Å²) in [6.45, 7) is 28.0. The Hall–Kier alpha value is -2.43. The van der Waals surface area contributed by atoms with E-state index in [0.717, 1.165) is 12.0 Å². The summed E-state index contributed by atoms with van der Waals surface area (Å²) in [7, 11) is -4.37. The quantitative estimate of drug-likeness (QED) is 0.118. The molecule has 0 N–H and O–H groups in total. The third-order valence-electron chi connectivity index (χ3n) is 9.15. The summed E-state index contributed by atoms with van der Waals surface area (Å²) in [5.74, 6) is -0.0865. The predicted molar refractivity (Wildman–Crippen MR) is 182 cm³/mol. The zero-order chi connectivity index (χ0) is 32.6. The molecule has 1 aromatic rings. The van der Waals surface area contributed by atoms with Crippen LogP contribution in [-0.4, -0.2) is 47.4 Å². The van der Waals surface area contributed by atoms with E-state index in [0.29, 0.717) is 30.6 Å². The van der Waals surface area contributed by atoms with Gasteiger partial charge in [-0.25, -0.2) is 9.59 Å². The molecule has 240 valence electrons. The number of cyclic esters (lactones) is 1. The monoisotopic (exact) mass is 628 g/mol. The van der Waals surface area contributed by atoms with Gasteiger partial charge in [-0.3, -0.25) is 0 Å². The highest BCUT2D eigenvalue weighted by atomic mass is 28.4. The lowest BCUT2D eigenvalue weighted by Crippen LogP contribution is -2.46. The van der Waals surface area contributed by atoms with E-state index < -0.39 is 34.7 Å². The van der Waals surface area contributed by atoms with E-state index in [9.17, 15) is 9.59 Å². The van der Waals surface area contributed by atoms with Crippen LogP contribution in [0.3, 0.4) is 0 Å². The molecular formula is C35H56O6Si2. The number of allylic oxidation sites excluding steroid dienone is 2. The maximum atomic E-state index is 14.1. The first-order chi connectivity index (χ1) is 19.8. The van der Waals surface area contributed by atoms with Crippen molar-refractivity contribution in [3.05, 3.63) is 66.3 Å². The molecule has 6 nitrogen and oxygen atoms in total. The second-order valence-corrected chi connectivity index (χ2v) is 24.3. The van der Waals surface area contributed by atoms with Gasteiger partial charge in [0.05, 0.1) is 6.10 Å². The number of rotatable bonds is 9. The van der Waals surface area contributed by atoms with Crippen molar-refractivity contribution in [2.45, 2.75) is 123 Å². The van der Waals surface area contributed by atoms with Gasteiger partial charge in [0.15, 0.2) is 8.32 Å². The lowest BCUT2D eigenvalue weighted by atomic mass is 9.93. The molecule has 43 heavy (non-hydrogen) atoms. The Morgan fingerprint density at radius 1 is 1.05 bits per heavy atom. The maximum absolute atomic E-state index is 14.1. The second-order valence-electron chi connectivity index (χ2n) is 14.8. The van der Waals surface area contributed by atoms with Crippen molar-refractivity contribution in [2.75, 3.05) is 6.61 Å². The lowest BCUT2D eigenvalue weighted by Gasteiger charge is -2.41. The van der Waals surface area contributed by atoms with Crippen molar-refractivity contribution in [1.29, 1.82) is 0 Å². The zero-order valence-electron chi connectivity index (χ0n) is 28.5. The number of benzene rings is 1.